The van der Waals surface area contributed by atoms with Crippen LogP contribution in [0.25, 0.3) is 0 Å². The summed E-state index contributed by atoms with van der Waals surface area (Å²) in [6, 6.07) is 5.36. The van der Waals surface area contributed by atoms with E-state index in [0.717, 1.165) is 32.2 Å². The number of benzene rings is 1. The third-order valence-corrected chi connectivity index (χ3v) is 3.55. The fourth-order valence-corrected chi connectivity index (χ4v) is 2.68. The normalized spacial score (nSPS) is 23.9. The molecule has 1 unspecified atom stereocenters. The molecular formula is C15H21NO3. The van der Waals surface area contributed by atoms with Gasteiger partial charge in [0.25, 0.3) is 0 Å². The van der Waals surface area contributed by atoms with Crippen LogP contribution in [0.15, 0.2) is 18.2 Å². The lowest BCUT2D eigenvalue weighted by Gasteiger charge is -2.39. The smallest absolute Gasteiger partial charge is 0.172 e. The Morgan fingerprint density at radius 1 is 1.42 bits per heavy atom. The predicted octanol–water partition coefficient (Wildman–Crippen LogP) is 2.37. The number of carbonyl (C=O) groups is 1. The van der Waals surface area contributed by atoms with Gasteiger partial charge in [-0.1, -0.05) is 6.07 Å². The number of piperidine rings is 1. The van der Waals surface area contributed by atoms with E-state index in [-0.39, 0.29) is 5.60 Å². The molecule has 0 N–H and O–H groups in total. The minimum absolute atomic E-state index is 0.278. The number of likely N-dealkylation sites (N-methyl/N-ethyl adjacent to an activating group) is 1. The van der Waals surface area contributed by atoms with Crippen molar-refractivity contribution in [2.24, 2.45) is 0 Å². The molecule has 1 heterocycles. The van der Waals surface area contributed by atoms with Crippen LogP contribution in [0.5, 0.6) is 11.5 Å². The number of rotatable bonds is 4. The Bertz CT molecular complexity index is 461. The van der Waals surface area contributed by atoms with Crippen LogP contribution in [0.2, 0.25) is 0 Å². The lowest BCUT2D eigenvalue weighted by atomic mass is 9.95. The van der Waals surface area contributed by atoms with Gasteiger partial charge in [0.2, 0.25) is 0 Å². The van der Waals surface area contributed by atoms with Crippen molar-refractivity contribution in [3.8, 4) is 11.5 Å². The number of nitrogens with zero attached hydrogens (tertiary/aromatic N) is 1. The summed E-state index contributed by atoms with van der Waals surface area (Å²) in [4.78, 5) is 13.4. The van der Waals surface area contributed by atoms with Gasteiger partial charge in [-0.3, -0.25) is 4.79 Å². The molecule has 0 aliphatic carbocycles. The van der Waals surface area contributed by atoms with Crippen molar-refractivity contribution in [3.63, 3.8) is 0 Å². The van der Waals surface area contributed by atoms with Crippen LogP contribution in [0.1, 0.15) is 30.1 Å². The maximum Gasteiger partial charge on any atom is 0.172 e. The molecule has 1 saturated heterocycles. The monoisotopic (exact) mass is 263 g/mol. The highest BCUT2D eigenvalue weighted by atomic mass is 16.5. The van der Waals surface area contributed by atoms with E-state index >= 15 is 0 Å². The summed E-state index contributed by atoms with van der Waals surface area (Å²) in [7, 11) is 3.68. The Balaban J connectivity index is 2.29. The third-order valence-electron chi connectivity index (χ3n) is 3.55. The number of likely N-dealkylation sites (tertiary alicyclic amines) is 1. The second kappa shape index (κ2) is 5.61. The minimum Gasteiger partial charge on any atom is -0.493 e. The van der Waals surface area contributed by atoms with E-state index in [4.69, 9.17) is 9.47 Å². The number of hydrogen-bond donors (Lipinski definition) is 0. The van der Waals surface area contributed by atoms with Gasteiger partial charge in [0.15, 0.2) is 17.8 Å². The predicted molar refractivity (Wildman–Crippen MR) is 74.1 cm³/mol. The zero-order chi connectivity index (χ0) is 13.9. The number of hydrogen-bond acceptors (Lipinski definition) is 4. The minimum atomic E-state index is -0.278. The van der Waals surface area contributed by atoms with Crippen molar-refractivity contribution in [1.29, 1.82) is 0 Å². The summed E-state index contributed by atoms with van der Waals surface area (Å²) < 4.78 is 11.5. The summed E-state index contributed by atoms with van der Waals surface area (Å²) in [6.45, 7) is 4.03. The third kappa shape index (κ3) is 3.07. The topological polar surface area (TPSA) is 38.8 Å². The molecule has 1 aromatic rings. The molecule has 1 aliphatic rings. The molecule has 104 valence electrons. The summed E-state index contributed by atoms with van der Waals surface area (Å²) in [5.41, 5.74) is 0.258. The van der Waals surface area contributed by atoms with Gasteiger partial charge in [0.1, 0.15) is 5.60 Å². The van der Waals surface area contributed by atoms with E-state index in [0.29, 0.717) is 17.1 Å². The van der Waals surface area contributed by atoms with Gasteiger partial charge in [-0.2, -0.15) is 0 Å². The summed E-state index contributed by atoms with van der Waals surface area (Å²) in [5, 5.41) is 0. The molecule has 4 heteroatoms. The van der Waals surface area contributed by atoms with Crippen molar-refractivity contribution in [1.82, 2.24) is 4.90 Å². The average Bonchev–Trinajstić information content (AvgIpc) is 2.38. The molecule has 2 rings (SSSR count). The highest BCUT2D eigenvalue weighted by molar-refractivity contribution is 5.81. The second-order valence-corrected chi connectivity index (χ2v) is 5.39. The second-order valence-electron chi connectivity index (χ2n) is 5.39. The molecule has 0 bridgehead atoms. The molecule has 19 heavy (non-hydrogen) atoms. The van der Waals surface area contributed by atoms with E-state index < -0.39 is 0 Å². The standard InChI is InChI=1S/C15H21NO3/c1-15(8-5-9-16(2)11-15)19-14-12(10-17)6-4-7-13(14)18-3/h4,6-7,10H,5,8-9,11H2,1-3H3. The van der Waals surface area contributed by atoms with Gasteiger partial charge in [-0.05, 0) is 45.5 Å². The van der Waals surface area contributed by atoms with Crippen LogP contribution >= 0.6 is 0 Å². The molecule has 1 aliphatic heterocycles. The van der Waals surface area contributed by atoms with Crippen LogP contribution in [-0.4, -0.2) is 44.0 Å². The molecule has 0 amide bonds. The number of aldehydes is 1. The highest BCUT2D eigenvalue weighted by Gasteiger charge is 2.33. The Labute approximate surface area is 114 Å². The van der Waals surface area contributed by atoms with Crippen molar-refractivity contribution >= 4 is 6.29 Å². The Hall–Kier alpha value is -1.55. The van der Waals surface area contributed by atoms with Gasteiger partial charge >= 0.3 is 0 Å². The van der Waals surface area contributed by atoms with E-state index in [1.54, 1.807) is 19.2 Å². The summed E-state index contributed by atoms with van der Waals surface area (Å²) in [5.74, 6) is 1.16. The highest BCUT2D eigenvalue weighted by Crippen LogP contribution is 2.35. The molecule has 1 atom stereocenters. The first-order chi connectivity index (χ1) is 9.08. The first kappa shape index (κ1) is 13.9. The Morgan fingerprint density at radius 3 is 2.84 bits per heavy atom. The molecule has 0 aromatic heterocycles. The van der Waals surface area contributed by atoms with Crippen LogP contribution < -0.4 is 9.47 Å². The average molecular weight is 263 g/mol. The summed E-state index contributed by atoms with van der Waals surface area (Å²) >= 11 is 0. The largest absolute Gasteiger partial charge is 0.493 e. The van der Waals surface area contributed by atoms with Crippen molar-refractivity contribution in [2.75, 3.05) is 27.2 Å². The zero-order valence-electron chi connectivity index (χ0n) is 11.8. The quantitative estimate of drug-likeness (QED) is 0.782. The fraction of sp³-hybridized carbons (Fsp3) is 0.533. The number of methoxy groups -OCH3 is 1. The molecule has 0 saturated carbocycles. The SMILES string of the molecule is COc1cccc(C=O)c1OC1(C)CCCN(C)C1. The number of carbonyl (C=O) groups excluding carboxylic acids is 1. The lowest BCUT2D eigenvalue weighted by Crippen LogP contribution is -2.48. The maximum absolute atomic E-state index is 11.2. The van der Waals surface area contributed by atoms with Crippen molar-refractivity contribution in [3.05, 3.63) is 23.8 Å². The van der Waals surface area contributed by atoms with Gasteiger partial charge in [-0.15, -0.1) is 0 Å². The fourth-order valence-electron chi connectivity index (χ4n) is 2.68. The van der Waals surface area contributed by atoms with Gasteiger partial charge < -0.3 is 14.4 Å². The molecule has 1 fully saturated rings. The molecule has 1 aromatic carbocycles. The Kier molecular flexibility index (Phi) is 4.10. The van der Waals surface area contributed by atoms with Crippen molar-refractivity contribution in [2.45, 2.75) is 25.4 Å². The molecular weight excluding hydrogens is 242 g/mol. The van der Waals surface area contributed by atoms with Crippen LogP contribution in [-0.2, 0) is 0 Å². The molecule has 0 spiro atoms. The van der Waals surface area contributed by atoms with Gasteiger partial charge in [0, 0.05) is 6.54 Å². The number of ether oxygens (including phenoxy) is 2. The lowest BCUT2D eigenvalue weighted by molar-refractivity contribution is 0.0132. The van der Waals surface area contributed by atoms with Crippen LogP contribution in [0.3, 0.4) is 0 Å². The Morgan fingerprint density at radius 2 is 2.21 bits per heavy atom. The van der Waals surface area contributed by atoms with E-state index in [2.05, 4.69) is 18.9 Å². The maximum atomic E-state index is 11.2. The number of para-hydroxylation sites is 1. The summed E-state index contributed by atoms with van der Waals surface area (Å²) in [6.07, 6.45) is 2.89. The zero-order valence-corrected chi connectivity index (χ0v) is 11.8. The van der Waals surface area contributed by atoms with Crippen molar-refractivity contribution < 1.29 is 14.3 Å². The van der Waals surface area contributed by atoms with E-state index in [9.17, 15) is 4.79 Å². The van der Waals surface area contributed by atoms with Gasteiger partial charge in [0.05, 0.1) is 12.7 Å². The molecule has 4 nitrogen and oxygen atoms in total. The molecule has 0 radical (unpaired) electrons. The first-order valence-electron chi connectivity index (χ1n) is 6.58. The van der Waals surface area contributed by atoms with Crippen LogP contribution in [0.4, 0.5) is 0 Å². The van der Waals surface area contributed by atoms with E-state index in [1.807, 2.05) is 6.07 Å². The first-order valence-corrected chi connectivity index (χ1v) is 6.58. The van der Waals surface area contributed by atoms with Gasteiger partial charge in [-0.25, -0.2) is 0 Å². The van der Waals surface area contributed by atoms with E-state index in [1.165, 1.54) is 0 Å². The van der Waals surface area contributed by atoms with Crippen LogP contribution in [0, 0.1) is 0 Å².